The summed E-state index contributed by atoms with van der Waals surface area (Å²) in [7, 11) is 1.70. The number of aryl methyl sites for hydroxylation is 1. The fraction of sp³-hybridized carbons (Fsp3) is 0.533. The van der Waals surface area contributed by atoms with Gasteiger partial charge >= 0.3 is 0 Å². The Morgan fingerprint density at radius 2 is 2.33 bits per heavy atom. The predicted molar refractivity (Wildman–Crippen MR) is 72.0 cm³/mol. The van der Waals surface area contributed by atoms with Gasteiger partial charge in [-0.3, -0.25) is 4.79 Å². The lowest BCUT2D eigenvalue weighted by Crippen LogP contribution is -2.29. The summed E-state index contributed by atoms with van der Waals surface area (Å²) in [5.74, 6) is 1.51. The number of hydrogen-bond acceptors (Lipinski definition) is 2. The Morgan fingerprint density at radius 3 is 3.06 bits per heavy atom. The highest BCUT2D eigenvalue weighted by Crippen LogP contribution is 2.33. The van der Waals surface area contributed by atoms with Crippen molar-refractivity contribution in [3.8, 4) is 5.75 Å². The van der Waals surface area contributed by atoms with Gasteiger partial charge in [0.05, 0.1) is 7.11 Å². The Labute approximate surface area is 109 Å². The van der Waals surface area contributed by atoms with Gasteiger partial charge in [-0.25, -0.2) is 0 Å². The molecule has 1 N–H and O–H groups in total. The molecule has 1 aliphatic carbocycles. The molecule has 0 heterocycles. The lowest BCUT2D eigenvalue weighted by atomic mass is 9.82. The van der Waals surface area contributed by atoms with Gasteiger partial charge in [-0.05, 0) is 42.5 Å². The van der Waals surface area contributed by atoms with Crippen molar-refractivity contribution in [2.45, 2.75) is 38.5 Å². The summed E-state index contributed by atoms with van der Waals surface area (Å²) >= 11 is 0. The van der Waals surface area contributed by atoms with Gasteiger partial charge in [-0.15, -0.1) is 0 Å². The molecule has 0 radical (unpaired) electrons. The second-order valence-electron chi connectivity index (χ2n) is 4.81. The largest absolute Gasteiger partial charge is 0.497 e. The molecule has 1 amide bonds. The van der Waals surface area contributed by atoms with Crippen molar-refractivity contribution in [1.29, 1.82) is 0 Å². The number of carbonyl (C=O) groups excluding carboxylic acids is 1. The Morgan fingerprint density at radius 1 is 1.50 bits per heavy atom. The number of carbonyl (C=O) groups is 1. The molecule has 0 saturated heterocycles. The minimum absolute atomic E-state index is 0.135. The summed E-state index contributed by atoms with van der Waals surface area (Å²) in [6, 6.07) is 6.29. The zero-order valence-corrected chi connectivity index (χ0v) is 11.2. The highest BCUT2D eigenvalue weighted by molar-refractivity contribution is 5.75. The zero-order valence-electron chi connectivity index (χ0n) is 11.2. The van der Waals surface area contributed by atoms with Crippen molar-refractivity contribution < 1.29 is 9.53 Å². The highest BCUT2D eigenvalue weighted by atomic mass is 16.5. The van der Waals surface area contributed by atoms with Crippen LogP contribution in [0.2, 0.25) is 0 Å². The van der Waals surface area contributed by atoms with Crippen LogP contribution in [0.15, 0.2) is 18.2 Å². The third-order valence-electron chi connectivity index (χ3n) is 3.66. The molecule has 98 valence electrons. The standard InChI is InChI=1S/C15H21NO2/c1-3-15(17)16-10-12-6-4-5-11-9-13(18-2)7-8-14(11)12/h7-9,12H,3-6,10H2,1-2H3,(H,16,17). The predicted octanol–water partition coefficient (Wildman–Crippen LogP) is 2.64. The quantitative estimate of drug-likeness (QED) is 0.888. The highest BCUT2D eigenvalue weighted by Gasteiger charge is 2.20. The number of rotatable bonds is 4. The maximum absolute atomic E-state index is 11.3. The van der Waals surface area contributed by atoms with Crippen LogP contribution >= 0.6 is 0 Å². The summed E-state index contributed by atoms with van der Waals surface area (Å²) in [5.41, 5.74) is 2.75. The minimum Gasteiger partial charge on any atom is -0.497 e. The summed E-state index contributed by atoms with van der Waals surface area (Å²) in [6.07, 6.45) is 4.02. The number of benzene rings is 1. The van der Waals surface area contributed by atoms with Crippen molar-refractivity contribution in [2.24, 2.45) is 0 Å². The van der Waals surface area contributed by atoms with E-state index in [-0.39, 0.29) is 5.91 Å². The van der Waals surface area contributed by atoms with Crippen LogP contribution in [0.5, 0.6) is 5.75 Å². The molecule has 0 aromatic heterocycles. The van der Waals surface area contributed by atoms with E-state index in [2.05, 4.69) is 17.4 Å². The maximum Gasteiger partial charge on any atom is 0.219 e. The van der Waals surface area contributed by atoms with Gasteiger partial charge in [0.2, 0.25) is 5.91 Å². The average Bonchev–Trinajstić information content (AvgIpc) is 2.43. The van der Waals surface area contributed by atoms with E-state index in [1.807, 2.05) is 13.0 Å². The van der Waals surface area contributed by atoms with E-state index >= 15 is 0 Å². The Kier molecular flexibility index (Phi) is 4.24. The van der Waals surface area contributed by atoms with E-state index in [9.17, 15) is 4.79 Å². The SMILES string of the molecule is CCC(=O)NCC1CCCc2cc(OC)ccc21. The minimum atomic E-state index is 0.135. The number of hydrogen-bond donors (Lipinski definition) is 1. The van der Waals surface area contributed by atoms with Crippen molar-refractivity contribution in [3.63, 3.8) is 0 Å². The third kappa shape index (κ3) is 2.84. The fourth-order valence-corrected chi connectivity index (χ4v) is 2.59. The number of nitrogens with one attached hydrogen (secondary N) is 1. The summed E-state index contributed by atoms with van der Waals surface area (Å²) in [4.78, 5) is 11.3. The van der Waals surface area contributed by atoms with E-state index in [0.717, 1.165) is 25.1 Å². The molecule has 0 bridgehead atoms. The Balaban J connectivity index is 2.10. The molecule has 1 atom stereocenters. The van der Waals surface area contributed by atoms with Crippen molar-refractivity contribution >= 4 is 5.91 Å². The van der Waals surface area contributed by atoms with E-state index < -0.39 is 0 Å². The van der Waals surface area contributed by atoms with Crippen molar-refractivity contribution in [2.75, 3.05) is 13.7 Å². The van der Waals surface area contributed by atoms with E-state index in [1.54, 1.807) is 7.11 Å². The molecule has 3 heteroatoms. The molecule has 0 fully saturated rings. The monoisotopic (exact) mass is 247 g/mol. The first-order valence-electron chi connectivity index (χ1n) is 6.68. The number of ether oxygens (including phenoxy) is 1. The Bertz CT molecular complexity index is 429. The second-order valence-corrected chi connectivity index (χ2v) is 4.81. The molecule has 1 unspecified atom stereocenters. The van der Waals surface area contributed by atoms with Crippen molar-refractivity contribution in [1.82, 2.24) is 5.32 Å². The van der Waals surface area contributed by atoms with E-state index in [1.165, 1.54) is 17.5 Å². The number of amides is 1. The van der Waals surface area contributed by atoms with Gasteiger partial charge in [-0.2, -0.15) is 0 Å². The summed E-state index contributed by atoms with van der Waals surface area (Å²) in [6.45, 7) is 2.64. The van der Waals surface area contributed by atoms with E-state index in [0.29, 0.717) is 12.3 Å². The van der Waals surface area contributed by atoms with Gasteiger partial charge in [0, 0.05) is 18.9 Å². The molecule has 2 rings (SSSR count). The first-order valence-corrected chi connectivity index (χ1v) is 6.68. The number of fused-ring (bicyclic) bond motifs is 1. The smallest absolute Gasteiger partial charge is 0.219 e. The molecule has 0 aliphatic heterocycles. The molecule has 1 aromatic carbocycles. The van der Waals surface area contributed by atoms with Crippen molar-refractivity contribution in [3.05, 3.63) is 29.3 Å². The zero-order chi connectivity index (χ0) is 13.0. The third-order valence-corrected chi connectivity index (χ3v) is 3.66. The molecule has 0 saturated carbocycles. The van der Waals surface area contributed by atoms with Gasteiger partial charge < -0.3 is 10.1 Å². The van der Waals surface area contributed by atoms with Crippen LogP contribution in [-0.2, 0) is 11.2 Å². The van der Waals surface area contributed by atoms with Crippen LogP contribution in [0.3, 0.4) is 0 Å². The molecule has 3 nitrogen and oxygen atoms in total. The summed E-state index contributed by atoms with van der Waals surface area (Å²) in [5, 5.41) is 3.00. The Hall–Kier alpha value is -1.51. The molecule has 0 spiro atoms. The molecular formula is C15H21NO2. The van der Waals surface area contributed by atoms with Crippen LogP contribution in [0.1, 0.15) is 43.2 Å². The molecular weight excluding hydrogens is 226 g/mol. The van der Waals surface area contributed by atoms with Crippen LogP contribution in [0.4, 0.5) is 0 Å². The molecule has 1 aliphatic rings. The maximum atomic E-state index is 11.3. The second kappa shape index (κ2) is 5.89. The van der Waals surface area contributed by atoms with Gasteiger partial charge in [-0.1, -0.05) is 13.0 Å². The first-order chi connectivity index (χ1) is 8.74. The van der Waals surface area contributed by atoms with Gasteiger partial charge in [0.25, 0.3) is 0 Å². The number of methoxy groups -OCH3 is 1. The summed E-state index contributed by atoms with van der Waals surface area (Å²) < 4.78 is 5.26. The topological polar surface area (TPSA) is 38.3 Å². The van der Waals surface area contributed by atoms with Crippen LogP contribution in [0.25, 0.3) is 0 Å². The van der Waals surface area contributed by atoms with Crippen LogP contribution in [0, 0.1) is 0 Å². The van der Waals surface area contributed by atoms with Gasteiger partial charge in [0.1, 0.15) is 5.75 Å². The lowest BCUT2D eigenvalue weighted by Gasteiger charge is -2.26. The normalized spacial score (nSPS) is 18.0. The average molecular weight is 247 g/mol. The first kappa shape index (κ1) is 12.9. The molecule has 18 heavy (non-hydrogen) atoms. The van der Waals surface area contributed by atoms with Crippen LogP contribution in [-0.4, -0.2) is 19.6 Å². The fourth-order valence-electron chi connectivity index (χ4n) is 2.59. The van der Waals surface area contributed by atoms with Crippen LogP contribution < -0.4 is 10.1 Å². The van der Waals surface area contributed by atoms with Gasteiger partial charge in [0.15, 0.2) is 0 Å². The lowest BCUT2D eigenvalue weighted by molar-refractivity contribution is -0.120. The molecule has 1 aromatic rings. The van der Waals surface area contributed by atoms with E-state index in [4.69, 9.17) is 4.74 Å².